The van der Waals surface area contributed by atoms with Crippen molar-refractivity contribution in [1.82, 2.24) is 14.3 Å². The van der Waals surface area contributed by atoms with Crippen LogP contribution in [0.2, 0.25) is 5.02 Å². The quantitative estimate of drug-likeness (QED) is 0.857. The fourth-order valence-electron chi connectivity index (χ4n) is 1.95. The second-order valence-electron chi connectivity index (χ2n) is 3.91. The molecule has 1 aliphatic heterocycles. The largest absolute Gasteiger partial charge is 0.334 e. The van der Waals surface area contributed by atoms with Gasteiger partial charge in [0.1, 0.15) is 11.0 Å². The van der Waals surface area contributed by atoms with E-state index < -0.39 is 11.0 Å². The lowest BCUT2D eigenvalue weighted by molar-refractivity contribution is 0.678. The number of benzene rings is 1. The molecule has 1 aromatic heterocycles. The van der Waals surface area contributed by atoms with Crippen molar-refractivity contribution >= 4 is 22.6 Å². The molecule has 3 rings (SSSR count). The van der Waals surface area contributed by atoms with E-state index in [0.29, 0.717) is 11.6 Å². The molecule has 1 aromatic carbocycles. The molecule has 1 N–H and O–H groups in total. The van der Waals surface area contributed by atoms with Crippen molar-refractivity contribution in [2.24, 2.45) is 7.05 Å². The molecule has 0 bridgehead atoms. The Morgan fingerprint density at radius 2 is 2.35 bits per heavy atom. The first kappa shape index (κ1) is 11.0. The van der Waals surface area contributed by atoms with Gasteiger partial charge in [0.05, 0.1) is 23.1 Å². The summed E-state index contributed by atoms with van der Waals surface area (Å²) in [5.74, 6) is 0. The summed E-state index contributed by atoms with van der Waals surface area (Å²) in [5, 5.41) is 0.650. The molecule has 1 unspecified atom stereocenters. The molecule has 0 saturated heterocycles. The van der Waals surface area contributed by atoms with Crippen molar-refractivity contribution in [1.29, 1.82) is 0 Å². The number of aromatic nitrogens is 2. The number of aryl methyl sites for hydroxylation is 1. The maximum atomic E-state index is 11.7. The predicted molar refractivity (Wildman–Crippen MR) is 66.9 cm³/mol. The van der Waals surface area contributed by atoms with E-state index in [1.54, 1.807) is 12.5 Å². The van der Waals surface area contributed by atoms with E-state index in [9.17, 15) is 4.21 Å². The average molecular weight is 268 g/mol. The Labute approximate surface area is 106 Å². The Balaban J connectivity index is 2.21. The van der Waals surface area contributed by atoms with Gasteiger partial charge in [-0.2, -0.15) is 0 Å². The van der Waals surface area contributed by atoms with E-state index in [2.05, 4.69) is 9.71 Å². The van der Waals surface area contributed by atoms with Crippen molar-refractivity contribution in [3.8, 4) is 11.3 Å². The highest BCUT2D eigenvalue weighted by Crippen LogP contribution is 2.32. The molecule has 2 heterocycles. The number of fused-ring (bicyclic) bond motifs is 1. The van der Waals surface area contributed by atoms with Crippen LogP contribution in [0, 0.1) is 0 Å². The van der Waals surface area contributed by atoms with Crippen molar-refractivity contribution < 1.29 is 4.21 Å². The van der Waals surface area contributed by atoms with Gasteiger partial charge in [0.25, 0.3) is 0 Å². The predicted octanol–water partition coefficient (Wildman–Crippen LogP) is 1.87. The van der Waals surface area contributed by atoms with Crippen LogP contribution in [-0.2, 0) is 24.6 Å². The van der Waals surface area contributed by atoms with Crippen molar-refractivity contribution in [3.63, 3.8) is 0 Å². The molecule has 1 atom stereocenters. The van der Waals surface area contributed by atoms with Crippen LogP contribution in [0.25, 0.3) is 11.3 Å². The maximum Gasteiger partial charge on any atom is 0.125 e. The Kier molecular flexibility index (Phi) is 2.54. The zero-order valence-corrected chi connectivity index (χ0v) is 10.7. The second kappa shape index (κ2) is 3.94. The lowest BCUT2D eigenvalue weighted by Crippen LogP contribution is -2.05. The molecule has 1 aliphatic rings. The third kappa shape index (κ3) is 1.71. The van der Waals surface area contributed by atoms with Gasteiger partial charge in [-0.05, 0) is 12.1 Å². The first-order valence-electron chi connectivity index (χ1n) is 5.11. The number of nitrogens with zero attached hydrogens (tertiary/aromatic N) is 2. The fourth-order valence-corrected chi connectivity index (χ4v) is 3.36. The molecule has 0 saturated carbocycles. The Bertz CT molecular complexity index is 623. The van der Waals surface area contributed by atoms with Crippen LogP contribution in [0.4, 0.5) is 0 Å². The first-order chi connectivity index (χ1) is 8.16. The summed E-state index contributed by atoms with van der Waals surface area (Å²) in [6, 6.07) is 3.80. The molecule has 2 aromatic rings. The molecule has 0 radical (unpaired) electrons. The topological polar surface area (TPSA) is 46.9 Å². The number of rotatable bonds is 1. The molecule has 6 heteroatoms. The monoisotopic (exact) mass is 267 g/mol. The summed E-state index contributed by atoms with van der Waals surface area (Å²) >= 11 is 6.21. The van der Waals surface area contributed by atoms with Gasteiger partial charge >= 0.3 is 0 Å². The first-order valence-corrected chi connectivity index (χ1v) is 6.64. The van der Waals surface area contributed by atoms with Crippen LogP contribution >= 0.6 is 11.6 Å². The van der Waals surface area contributed by atoms with E-state index in [4.69, 9.17) is 11.6 Å². The summed E-state index contributed by atoms with van der Waals surface area (Å²) in [4.78, 5) is 4.84. The molecule has 0 spiro atoms. The van der Waals surface area contributed by atoms with Gasteiger partial charge in [-0.3, -0.25) is 0 Å². The minimum Gasteiger partial charge on any atom is -0.334 e. The third-order valence-corrected chi connectivity index (χ3v) is 4.35. The van der Waals surface area contributed by atoms with E-state index in [1.165, 1.54) is 0 Å². The lowest BCUT2D eigenvalue weighted by atomic mass is 10.1. The molecular weight excluding hydrogens is 258 g/mol. The molecule has 0 aliphatic carbocycles. The summed E-state index contributed by atoms with van der Waals surface area (Å²) in [5.41, 5.74) is 2.82. The molecule has 0 fully saturated rings. The minimum absolute atomic E-state index is 0.562. The van der Waals surface area contributed by atoms with Crippen molar-refractivity contribution in [2.75, 3.05) is 0 Å². The number of imidazole rings is 1. The maximum absolute atomic E-state index is 11.7. The summed E-state index contributed by atoms with van der Waals surface area (Å²) < 4.78 is 16.5. The second-order valence-corrected chi connectivity index (χ2v) is 5.59. The zero-order valence-electron chi connectivity index (χ0n) is 9.11. The fraction of sp³-hybridized carbons (Fsp3) is 0.182. The summed E-state index contributed by atoms with van der Waals surface area (Å²) in [7, 11) is 0.765. The van der Waals surface area contributed by atoms with Gasteiger partial charge in [0, 0.05) is 29.7 Å². The van der Waals surface area contributed by atoms with Crippen LogP contribution in [0.3, 0.4) is 0 Å². The highest BCUT2D eigenvalue weighted by atomic mass is 35.5. The van der Waals surface area contributed by atoms with Crippen LogP contribution in [-0.4, -0.2) is 13.8 Å². The normalized spacial score (nSPS) is 18.4. The number of nitrogens with one attached hydrogen (secondary N) is 1. The molecular formula is C11H10ClN3OS. The van der Waals surface area contributed by atoms with Crippen LogP contribution < -0.4 is 4.72 Å². The highest BCUT2D eigenvalue weighted by Gasteiger charge is 2.22. The molecule has 4 nitrogen and oxygen atoms in total. The molecule has 17 heavy (non-hydrogen) atoms. The standard InChI is InChI=1S/C11H10ClN3OS/c1-15-6-13-5-10(15)7-2-9(12)8-4-14-17(16)11(8)3-7/h2-3,5-6,14H,4H2,1H3. The van der Waals surface area contributed by atoms with E-state index in [0.717, 1.165) is 21.7 Å². The van der Waals surface area contributed by atoms with E-state index >= 15 is 0 Å². The lowest BCUT2D eigenvalue weighted by Gasteiger charge is -2.06. The Morgan fingerprint density at radius 3 is 3.06 bits per heavy atom. The SMILES string of the molecule is Cn1cncc1-c1cc(Cl)c2c(c1)S(=O)NC2. The Morgan fingerprint density at radius 1 is 1.53 bits per heavy atom. The van der Waals surface area contributed by atoms with E-state index in [-0.39, 0.29) is 0 Å². The van der Waals surface area contributed by atoms with Gasteiger partial charge < -0.3 is 4.57 Å². The van der Waals surface area contributed by atoms with Gasteiger partial charge in [-0.15, -0.1) is 0 Å². The highest BCUT2D eigenvalue weighted by molar-refractivity contribution is 7.83. The minimum atomic E-state index is -1.15. The molecule has 88 valence electrons. The molecule has 0 amide bonds. The number of hydrogen-bond donors (Lipinski definition) is 1. The van der Waals surface area contributed by atoms with Crippen LogP contribution in [0.15, 0.2) is 29.6 Å². The van der Waals surface area contributed by atoms with Crippen molar-refractivity contribution in [3.05, 3.63) is 35.2 Å². The third-order valence-electron chi connectivity index (χ3n) is 2.85. The van der Waals surface area contributed by atoms with Crippen LogP contribution in [0.1, 0.15) is 5.56 Å². The number of halogens is 1. The Hall–Kier alpha value is -1.17. The van der Waals surface area contributed by atoms with Gasteiger partial charge in [-0.25, -0.2) is 13.9 Å². The van der Waals surface area contributed by atoms with E-state index in [1.807, 2.05) is 23.7 Å². The van der Waals surface area contributed by atoms with Gasteiger partial charge in [0.2, 0.25) is 0 Å². The van der Waals surface area contributed by atoms with Crippen LogP contribution in [0.5, 0.6) is 0 Å². The summed E-state index contributed by atoms with van der Waals surface area (Å²) in [6.07, 6.45) is 3.50. The van der Waals surface area contributed by atoms with Gasteiger partial charge in [-0.1, -0.05) is 11.6 Å². The summed E-state index contributed by atoms with van der Waals surface area (Å²) in [6.45, 7) is 0.562. The average Bonchev–Trinajstić information content (AvgIpc) is 2.86. The smallest absolute Gasteiger partial charge is 0.125 e. The number of hydrogen-bond acceptors (Lipinski definition) is 2. The zero-order chi connectivity index (χ0) is 12.0. The van der Waals surface area contributed by atoms with Gasteiger partial charge in [0.15, 0.2) is 0 Å². The van der Waals surface area contributed by atoms with Crippen molar-refractivity contribution in [2.45, 2.75) is 11.4 Å².